The predicted molar refractivity (Wildman–Crippen MR) is 88.2 cm³/mol. The number of carboxylic acids is 1. The van der Waals surface area contributed by atoms with Gasteiger partial charge in [-0.2, -0.15) is 0 Å². The Morgan fingerprint density at radius 2 is 2.00 bits per heavy atom. The van der Waals surface area contributed by atoms with Gasteiger partial charge >= 0.3 is 5.97 Å². The molecule has 0 saturated carbocycles. The Labute approximate surface area is 132 Å². The van der Waals surface area contributed by atoms with Gasteiger partial charge in [0.2, 0.25) is 0 Å². The second-order valence-corrected chi connectivity index (χ2v) is 5.42. The normalized spacial score (nSPS) is 10.6. The molecule has 0 spiro atoms. The number of pyridine rings is 1. The van der Waals surface area contributed by atoms with Crippen molar-refractivity contribution in [1.29, 1.82) is 0 Å². The van der Waals surface area contributed by atoms with Crippen LogP contribution in [0.25, 0.3) is 10.9 Å². The van der Waals surface area contributed by atoms with Crippen LogP contribution >= 0.6 is 11.6 Å². The van der Waals surface area contributed by atoms with E-state index in [2.05, 4.69) is 10.3 Å². The van der Waals surface area contributed by atoms with E-state index in [0.717, 1.165) is 22.3 Å². The lowest BCUT2D eigenvalue weighted by atomic mass is 10.1. The second-order valence-electron chi connectivity index (χ2n) is 4.98. The molecule has 0 bridgehead atoms. The van der Waals surface area contributed by atoms with Gasteiger partial charge in [-0.15, -0.1) is 0 Å². The number of anilines is 2. The lowest BCUT2D eigenvalue weighted by Crippen LogP contribution is -1.99. The molecule has 0 fully saturated rings. The first-order chi connectivity index (χ1) is 10.5. The van der Waals surface area contributed by atoms with Crippen LogP contribution in [0.1, 0.15) is 16.1 Å². The Morgan fingerprint density at radius 1 is 1.18 bits per heavy atom. The Kier molecular flexibility index (Phi) is 3.69. The van der Waals surface area contributed by atoms with E-state index in [-0.39, 0.29) is 5.56 Å². The number of nitrogens with zero attached hydrogens (tertiary/aromatic N) is 1. The van der Waals surface area contributed by atoms with E-state index in [1.54, 1.807) is 24.3 Å². The summed E-state index contributed by atoms with van der Waals surface area (Å²) in [6, 6.07) is 14.1. The molecule has 3 aromatic rings. The van der Waals surface area contributed by atoms with Gasteiger partial charge in [-0.1, -0.05) is 17.7 Å². The highest BCUT2D eigenvalue weighted by Crippen LogP contribution is 2.29. The van der Waals surface area contributed by atoms with Gasteiger partial charge in [-0.25, -0.2) is 4.79 Å². The Balaban J connectivity index is 2.08. The molecule has 110 valence electrons. The average molecular weight is 313 g/mol. The summed E-state index contributed by atoms with van der Waals surface area (Å²) in [7, 11) is 0. The highest BCUT2D eigenvalue weighted by atomic mass is 35.5. The van der Waals surface area contributed by atoms with E-state index in [0.29, 0.717) is 10.7 Å². The minimum absolute atomic E-state index is 0.234. The van der Waals surface area contributed by atoms with E-state index in [1.807, 2.05) is 31.2 Å². The zero-order chi connectivity index (χ0) is 15.7. The summed E-state index contributed by atoms with van der Waals surface area (Å²) in [4.78, 5) is 15.5. The number of aromatic nitrogens is 1. The highest BCUT2D eigenvalue weighted by molar-refractivity contribution is 6.31. The number of nitrogens with one attached hydrogen (secondary N) is 1. The monoisotopic (exact) mass is 312 g/mol. The molecule has 2 N–H and O–H groups in total. The van der Waals surface area contributed by atoms with Crippen molar-refractivity contribution in [2.24, 2.45) is 0 Å². The van der Waals surface area contributed by atoms with Crippen LogP contribution in [-0.4, -0.2) is 16.1 Å². The first-order valence-corrected chi connectivity index (χ1v) is 7.08. The van der Waals surface area contributed by atoms with Crippen LogP contribution in [0.2, 0.25) is 5.02 Å². The molecule has 0 saturated heterocycles. The summed E-state index contributed by atoms with van der Waals surface area (Å²) >= 11 is 6.07. The van der Waals surface area contributed by atoms with Crippen molar-refractivity contribution in [3.8, 4) is 0 Å². The van der Waals surface area contributed by atoms with E-state index in [1.165, 1.54) is 0 Å². The molecule has 0 aliphatic rings. The van der Waals surface area contributed by atoms with Crippen LogP contribution in [0.4, 0.5) is 11.4 Å². The van der Waals surface area contributed by atoms with Gasteiger partial charge in [0.05, 0.1) is 11.1 Å². The second kappa shape index (κ2) is 5.66. The number of fused-ring (bicyclic) bond motifs is 1. The molecule has 22 heavy (non-hydrogen) atoms. The van der Waals surface area contributed by atoms with Crippen molar-refractivity contribution in [3.63, 3.8) is 0 Å². The van der Waals surface area contributed by atoms with Crippen molar-refractivity contribution < 1.29 is 9.90 Å². The predicted octanol–water partition coefficient (Wildman–Crippen LogP) is 4.64. The molecule has 1 aromatic heterocycles. The zero-order valence-electron chi connectivity index (χ0n) is 11.8. The number of hydrogen-bond donors (Lipinski definition) is 2. The Morgan fingerprint density at radius 3 is 2.77 bits per heavy atom. The third-order valence-corrected chi connectivity index (χ3v) is 3.52. The summed E-state index contributed by atoms with van der Waals surface area (Å²) in [5.74, 6) is -0.956. The largest absolute Gasteiger partial charge is 0.478 e. The van der Waals surface area contributed by atoms with E-state index < -0.39 is 5.97 Å². The van der Waals surface area contributed by atoms with Gasteiger partial charge in [0.25, 0.3) is 0 Å². The van der Waals surface area contributed by atoms with Crippen molar-refractivity contribution >= 4 is 39.8 Å². The molecule has 0 unspecified atom stereocenters. The quantitative estimate of drug-likeness (QED) is 0.739. The smallest absolute Gasteiger partial charge is 0.335 e. The molecule has 4 nitrogen and oxygen atoms in total. The molecule has 0 aliphatic carbocycles. The molecule has 0 aliphatic heterocycles. The van der Waals surface area contributed by atoms with Crippen LogP contribution in [0, 0.1) is 6.92 Å². The summed E-state index contributed by atoms with van der Waals surface area (Å²) in [6.07, 6.45) is 0. The van der Waals surface area contributed by atoms with Crippen LogP contribution in [0.3, 0.4) is 0 Å². The number of rotatable bonds is 3. The SMILES string of the molecule is Cc1cc(Nc2cccc(C(=O)O)c2)c2cc(Cl)ccc2n1. The number of benzene rings is 2. The lowest BCUT2D eigenvalue weighted by molar-refractivity contribution is 0.0697. The van der Waals surface area contributed by atoms with Gasteiger partial charge in [0.1, 0.15) is 0 Å². The van der Waals surface area contributed by atoms with Crippen LogP contribution in [0.5, 0.6) is 0 Å². The first-order valence-electron chi connectivity index (χ1n) is 6.70. The van der Waals surface area contributed by atoms with Crippen molar-refractivity contribution in [1.82, 2.24) is 4.98 Å². The maximum Gasteiger partial charge on any atom is 0.335 e. The molecular formula is C17H13ClN2O2. The summed E-state index contributed by atoms with van der Waals surface area (Å²) < 4.78 is 0. The van der Waals surface area contributed by atoms with Crippen LogP contribution in [-0.2, 0) is 0 Å². The minimum atomic E-state index is -0.956. The maximum absolute atomic E-state index is 11.1. The van der Waals surface area contributed by atoms with Crippen molar-refractivity contribution in [2.75, 3.05) is 5.32 Å². The third-order valence-electron chi connectivity index (χ3n) is 3.29. The fraction of sp³-hybridized carbons (Fsp3) is 0.0588. The summed E-state index contributed by atoms with van der Waals surface area (Å²) in [5, 5.41) is 13.8. The fourth-order valence-electron chi connectivity index (χ4n) is 2.32. The molecule has 0 radical (unpaired) electrons. The Hall–Kier alpha value is -2.59. The van der Waals surface area contributed by atoms with Crippen LogP contribution < -0.4 is 5.32 Å². The van der Waals surface area contributed by atoms with Crippen molar-refractivity contribution in [2.45, 2.75) is 6.92 Å². The lowest BCUT2D eigenvalue weighted by Gasteiger charge is -2.11. The third kappa shape index (κ3) is 2.87. The van der Waals surface area contributed by atoms with Gasteiger partial charge in [-0.05, 0) is 49.4 Å². The maximum atomic E-state index is 11.1. The fourth-order valence-corrected chi connectivity index (χ4v) is 2.49. The number of hydrogen-bond acceptors (Lipinski definition) is 3. The molecule has 2 aromatic carbocycles. The van der Waals surface area contributed by atoms with E-state index in [4.69, 9.17) is 16.7 Å². The number of aryl methyl sites for hydroxylation is 1. The molecule has 1 heterocycles. The number of aromatic carboxylic acids is 1. The number of carbonyl (C=O) groups is 1. The Bertz CT molecular complexity index is 878. The van der Waals surface area contributed by atoms with Gasteiger partial charge in [0.15, 0.2) is 0 Å². The minimum Gasteiger partial charge on any atom is -0.478 e. The topological polar surface area (TPSA) is 62.2 Å². The summed E-state index contributed by atoms with van der Waals surface area (Å²) in [6.45, 7) is 1.91. The molecule has 3 rings (SSSR count). The number of halogens is 1. The average Bonchev–Trinajstić information content (AvgIpc) is 2.48. The molecule has 5 heteroatoms. The first kappa shape index (κ1) is 14.4. The standard InChI is InChI=1S/C17H13ClN2O2/c1-10-7-16(14-9-12(18)5-6-15(14)19-10)20-13-4-2-3-11(8-13)17(21)22/h2-9H,1H3,(H,19,20)(H,21,22). The summed E-state index contributed by atoms with van der Waals surface area (Å²) in [5.41, 5.74) is 3.48. The number of carboxylic acid groups (broad SMARTS) is 1. The molecule has 0 amide bonds. The van der Waals surface area contributed by atoms with E-state index in [9.17, 15) is 4.79 Å². The molecule has 0 atom stereocenters. The molecular weight excluding hydrogens is 300 g/mol. The van der Waals surface area contributed by atoms with Gasteiger partial charge < -0.3 is 10.4 Å². The van der Waals surface area contributed by atoms with Crippen molar-refractivity contribution in [3.05, 3.63) is 64.8 Å². The van der Waals surface area contributed by atoms with Crippen LogP contribution in [0.15, 0.2) is 48.5 Å². The highest BCUT2D eigenvalue weighted by Gasteiger charge is 2.07. The van der Waals surface area contributed by atoms with Gasteiger partial charge in [-0.3, -0.25) is 4.98 Å². The zero-order valence-corrected chi connectivity index (χ0v) is 12.6. The van der Waals surface area contributed by atoms with E-state index >= 15 is 0 Å². The van der Waals surface area contributed by atoms with Gasteiger partial charge in [0, 0.05) is 27.5 Å².